The molecule has 0 radical (unpaired) electrons. The highest BCUT2D eigenvalue weighted by atomic mass is 16.6. The summed E-state index contributed by atoms with van der Waals surface area (Å²) >= 11 is 0. The highest BCUT2D eigenvalue weighted by Crippen LogP contribution is 2.36. The standard InChI is InChI=1S/C18H22N2O5/c1-6-13(7-2)25-16-14-9-8-12(20(22)23)10-15(14)19(5)18(21)17(16)24-11(3)4/h6,8-11H,7H2,1-5H3. The third kappa shape index (κ3) is 3.65. The molecule has 0 bridgehead atoms. The first kappa shape index (κ1) is 18.5. The van der Waals surface area contributed by atoms with E-state index in [0.717, 1.165) is 0 Å². The molecule has 0 aliphatic carbocycles. The maximum Gasteiger partial charge on any atom is 0.297 e. The molecule has 0 saturated heterocycles. The van der Waals surface area contributed by atoms with Crippen molar-refractivity contribution in [3.8, 4) is 11.5 Å². The van der Waals surface area contributed by atoms with Crippen molar-refractivity contribution in [2.75, 3.05) is 0 Å². The molecule has 0 saturated carbocycles. The van der Waals surface area contributed by atoms with Gasteiger partial charge in [-0.15, -0.1) is 0 Å². The van der Waals surface area contributed by atoms with Gasteiger partial charge < -0.3 is 14.0 Å². The van der Waals surface area contributed by atoms with Gasteiger partial charge in [0.25, 0.3) is 11.2 Å². The molecule has 134 valence electrons. The Kier molecular flexibility index (Phi) is 5.46. The van der Waals surface area contributed by atoms with Crippen LogP contribution in [0.5, 0.6) is 11.5 Å². The number of ether oxygens (including phenoxy) is 2. The van der Waals surface area contributed by atoms with Crippen LogP contribution in [0.2, 0.25) is 0 Å². The Hall–Kier alpha value is -2.83. The van der Waals surface area contributed by atoms with Gasteiger partial charge >= 0.3 is 0 Å². The van der Waals surface area contributed by atoms with E-state index in [-0.39, 0.29) is 23.3 Å². The zero-order valence-electron chi connectivity index (χ0n) is 15.0. The van der Waals surface area contributed by atoms with Crippen LogP contribution in [0.15, 0.2) is 34.8 Å². The molecular formula is C18H22N2O5. The number of aromatic nitrogens is 1. The summed E-state index contributed by atoms with van der Waals surface area (Å²) in [6.45, 7) is 7.42. The number of allylic oxidation sites excluding steroid dienone is 2. The minimum atomic E-state index is -0.494. The zero-order chi connectivity index (χ0) is 18.7. The van der Waals surface area contributed by atoms with E-state index in [2.05, 4.69) is 0 Å². The molecule has 0 aliphatic rings. The quantitative estimate of drug-likeness (QED) is 0.449. The summed E-state index contributed by atoms with van der Waals surface area (Å²) in [5, 5.41) is 11.6. The zero-order valence-corrected chi connectivity index (χ0v) is 15.0. The van der Waals surface area contributed by atoms with Crippen molar-refractivity contribution in [3.63, 3.8) is 0 Å². The molecule has 1 aromatic carbocycles. The molecule has 0 amide bonds. The van der Waals surface area contributed by atoms with Crippen molar-refractivity contribution in [1.82, 2.24) is 4.57 Å². The number of pyridine rings is 1. The lowest BCUT2D eigenvalue weighted by Gasteiger charge is -2.19. The van der Waals surface area contributed by atoms with E-state index in [1.807, 2.05) is 33.8 Å². The van der Waals surface area contributed by atoms with Gasteiger partial charge in [0.15, 0.2) is 5.75 Å². The Morgan fingerprint density at radius 2 is 2.04 bits per heavy atom. The molecule has 1 heterocycles. The Balaban J connectivity index is 2.85. The minimum Gasteiger partial charge on any atom is -0.482 e. The van der Waals surface area contributed by atoms with Crippen molar-refractivity contribution in [3.05, 3.63) is 50.5 Å². The van der Waals surface area contributed by atoms with E-state index in [1.165, 1.54) is 16.7 Å². The molecule has 1 aromatic heterocycles. The first-order valence-corrected chi connectivity index (χ1v) is 8.10. The summed E-state index contributed by atoms with van der Waals surface area (Å²) in [5.74, 6) is 1.07. The molecule has 0 N–H and O–H groups in total. The minimum absolute atomic E-state index is 0.0901. The fourth-order valence-corrected chi connectivity index (χ4v) is 2.49. The largest absolute Gasteiger partial charge is 0.482 e. The highest BCUT2D eigenvalue weighted by Gasteiger charge is 2.22. The molecule has 0 spiro atoms. The summed E-state index contributed by atoms with van der Waals surface area (Å²) in [4.78, 5) is 23.3. The normalized spacial score (nSPS) is 11.8. The third-order valence-electron chi connectivity index (χ3n) is 3.76. The number of hydrogen-bond donors (Lipinski definition) is 0. The number of nitro benzene ring substituents is 1. The predicted molar refractivity (Wildman–Crippen MR) is 96.3 cm³/mol. The number of fused-ring (bicyclic) bond motifs is 1. The van der Waals surface area contributed by atoms with Gasteiger partial charge in [-0.3, -0.25) is 14.9 Å². The van der Waals surface area contributed by atoms with E-state index in [0.29, 0.717) is 23.1 Å². The van der Waals surface area contributed by atoms with Crippen molar-refractivity contribution >= 4 is 16.6 Å². The molecule has 2 rings (SSSR count). The van der Waals surface area contributed by atoms with Gasteiger partial charge in [0, 0.05) is 31.0 Å². The maximum atomic E-state index is 12.7. The second-order valence-electron chi connectivity index (χ2n) is 5.86. The molecule has 2 aromatic rings. The average molecular weight is 346 g/mol. The Labute approximate surface area is 145 Å². The van der Waals surface area contributed by atoms with E-state index < -0.39 is 10.5 Å². The highest BCUT2D eigenvalue weighted by molar-refractivity contribution is 5.89. The molecule has 0 fully saturated rings. The SMILES string of the molecule is CC=C(CC)Oc1c(OC(C)C)c(=O)n(C)c2cc([N+](=O)[O-])ccc12. The number of rotatable bonds is 6. The van der Waals surface area contributed by atoms with Gasteiger partial charge in [0.05, 0.1) is 22.3 Å². The average Bonchev–Trinajstić information content (AvgIpc) is 2.58. The van der Waals surface area contributed by atoms with Crippen LogP contribution in [0.1, 0.15) is 34.1 Å². The first-order chi connectivity index (χ1) is 11.8. The van der Waals surface area contributed by atoms with Crippen LogP contribution in [0.3, 0.4) is 0 Å². The molecule has 25 heavy (non-hydrogen) atoms. The maximum absolute atomic E-state index is 12.7. The van der Waals surface area contributed by atoms with Crippen molar-refractivity contribution in [2.24, 2.45) is 7.05 Å². The number of hydrogen-bond acceptors (Lipinski definition) is 5. The third-order valence-corrected chi connectivity index (χ3v) is 3.76. The lowest BCUT2D eigenvalue weighted by molar-refractivity contribution is -0.384. The van der Waals surface area contributed by atoms with Gasteiger partial charge in [-0.25, -0.2) is 0 Å². The topological polar surface area (TPSA) is 83.6 Å². The van der Waals surface area contributed by atoms with Crippen LogP contribution in [0.25, 0.3) is 10.9 Å². The number of nitro groups is 1. The van der Waals surface area contributed by atoms with E-state index in [1.54, 1.807) is 13.1 Å². The predicted octanol–water partition coefficient (Wildman–Crippen LogP) is 3.93. The fraction of sp³-hybridized carbons (Fsp3) is 0.389. The second kappa shape index (κ2) is 7.38. The van der Waals surface area contributed by atoms with E-state index in [4.69, 9.17) is 9.47 Å². The Morgan fingerprint density at radius 3 is 2.56 bits per heavy atom. The lowest BCUT2D eigenvalue weighted by atomic mass is 10.1. The number of benzene rings is 1. The second-order valence-corrected chi connectivity index (χ2v) is 5.86. The van der Waals surface area contributed by atoms with Crippen LogP contribution in [0, 0.1) is 10.1 Å². The summed E-state index contributed by atoms with van der Waals surface area (Å²) in [6, 6.07) is 4.34. The van der Waals surface area contributed by atoms with E-state index in [9.17, 15) is 14.9 Å². The fourth-order valence-electron chi connectivity index (χ4n) is 2.49. The van der Waals surface area contributed by atoms with Gasteiger partial charge in [0.1, 0.15) is 0 Å². The molecule has 0 atom stereocenters. The van der Waals surface area contributed by atoms with Gasteiger partial charge in [-0.2, -0.15) is 0 Å². The molecule has 7 heteroatoms. The van der Waals surface area contributed by atoms with Gasteiger partial charge in [-0.1, -0.05) is 6.92 Å². The number of non-ortho nitro benzene ring substituents is 1. The summed E-state index contributed by atoms with van der Waals surface area (Å²) in [7, 11) is 1.56. The van der Waals surface area contributed by atoms with Crippen LogP contribution < -0.4 is 15.0 Å². The Bertz CT molecular complexity index is 896. The summed E-state index contributed by atoms with van der Waals surface area (Å²) in [6.07, 6.45) is 2.23. The molecule has 0 aliphatic heterocycles. The van der Waals surface area contributed by atoms with Crippen molar-refractivity contribution < 1.29 is 14.4 Å². The Morgan fingerprint density at radius 1 is 1.36 bits per heavy atom. The van der Waals surface area contributed by atoms with Gasteiger partial charge in [-0.05, 0) is 32.9 Å². The van der Waals surface area contributed by atoms with Crippen LogP contribution >= 0.6 is 0 Å². The summed E-state index contributed by atoms with van der Waals surface area (Å²) < 4.78 is 13.0. The van der Waals surface area contributed by atoms with E-state index >= 15 is 0 Å². The smallest absolute Gasteiger partial charge is 0.297 e. The number of aryl methyl sites for hydroxylation is 1. The van der Waals surface area contributed by atoms with Crippen molar-refractivity contribution in [2.45, 2.75) is 40.2 Å². The van der Waals surface area contributed by atoms with Crippen molar-refractivity contribution in [1.29, 1.82) is 0 Å². The van der Waals surface area contributed by atoms with Crippen LogP contribution in [0.4, 0.5) is 5.69 Å². The van der Waals surface area contributed by atoms with Crippen LogP contribution in [-0.2, 0) is 7.05 Å². The molecule has 7 nitrogen and oxygen atoms in total. The van der Waals surface area contributed by atoms with Gasteiger partial charge in [0.2, 0.25) is 5.75 Å². The summed E-state index contributed by atoms with van der Waals surface area (Å²) in [5.41, 5.74) is -0.0761. The molecular weight excluding hydrogens is 324 g/mol. The molecule has 0 unspecified atom stereocenters. The lowest BCUT2D eigenvalue weighted by Crippen LogP contribution is -2.23. The first-order valence-electron chi connectivity index (χ1n) is 8.10. The monoisotopic (exact) mass is 346 g/mol. The number of nitrogens with zero attached hydrogens (tertiary/aromatic N) is 2. The van der Waals surface area contributed by atoms with Crippen LogP contribution in [-0.4, -0.2) is 15.6 Å².